The Hall–Kier alpha value is -2.89. The molecule has 2 N–H and O–H groups in total. The van der Waals surface area contributed by atoms with Gasteiger partial charge >= 0.3 is 0 Å². The predicted octanol–water partition coefficient (Wildman–Crippen LogP) is 3.36. The molecule has 24 heavy (non-hydrogen) atoms. The molecular weight excluding hydrogens is 306 g/mol. The lowest BCUT2D eigenvalue weighted by Gasteiger charge is -2.23. The molecule has 0 fully saturated rings. The normalized spacial score (nSPS) is 12.5. The Morgan fingerprint density at radius 3 is 2.75 bits per heavy atom. The van der Waals surface area contributed by atoms with Gasteiger partial charge in [0, 0.05) is 23.2 Å². The van der Waals surface area contributed by atoms with Gasteiger partial charge in [0.1, 0.15) is 17.0 Å². The Labute approximate surface area is 139 Å². The third-order valence-electron chi connectivity index (χ3n) is 3.93. The molecule has 3 rings (SSSR count). The molecule has 1 unspecified atom stereocenters. The second-order valence-electron chi connectivity index (χ2n) is 6.10. The van der Waals surface area contributed by atoms with Gasteiger partial charge in [-0.2, -0.15) is 0 Å². The van der Waals surface area contributed by atoms with Gasteiger partial charge in [-0.1, -0.05) is 37.2 Å². The summed E-state index contributed by atoms with van der Waals surface area (Å²) >= 11 is 0. The number of rotatable bonds is 4. The van der Waals surface area contributed by atoms with Crippen molar-refractivity contribution < 1.29 is 14.4 Å². The number of phenols is 1. The molecule has 1 amide bonds. The van der Waals surface area contributed by atoms with E-state index in [1.165, 1.54) is 0 Å². The summed E-state index contributed by atoms with van der Waals surface area (Å²) in [5.41, 5.74) is 1.37. The van der Waals surface area contributed by atoms with Crippen LogP contribution in [0, 0.1) is 12.8 Å². The number of pyridine rings is 1. The van der Waals surface area contributed by atoms with Gasteiger partial charge in [-0.05, 0) is 18.9 Å². The molecule has 0 aliphatic rings. The molecule has 1 aromatic carbocycles. The number of aromatic nitrogens is 2. The third kappa shape index (κ3) is 2.95. The molecule has 0 bridgehead atoms. The van der Waals surface area contributed by atoms with Crippen molar-refractivity contribution in [3.8, 4) is 5.75 Å². The van der Waals surface area contributed by atoms with E-state index in [4.69, 9.17) is 4.52 Å². The lowest BCUT2D eigenvalue weighted by molar-refractivity contribution is 0.0916. The lowest BCUT2D eigenvalue weighted by Crippen LogP contribution is -2.32. The third-order valence-corrected chi connectivity index (χ3v) is 3.93. The number of phenolic OH excluding ortho intramolecular Hbond substituents is 1. The number of amides is 1. The SMILES string of the molecule is Cc1cc(C(=O)NC(c2ccc3cccnc3c2O)C(C)C)no1. The van der Waals surface area contributed by atoms with Crippen LogP contribution in [0.15, 0.2) is 41.1 Å². The second-order valence-corrected chi connectivity index (χ2v) is 6.10. The van der Waals surface area contributed by atoms with Crippen LogP contribution in [0.3, 0.4) is 0 Å². The standard InChI is InChI=1S/C18H19N3O3/c1-10(2)15(20-18(23)14-9-11(3)24-21-14)13-7-6-12-5-4-8-19-16(12)17(13)22/h4-10,15,22H,1-3H3,(H,20,23). The first kappa shape index (κ1) is 16.0. The Morgan fingerprint density at radius 1 is 1.29 bits per heavy atom. The van der Waals surface area contributed by atoms with Gasteiger partial charge in [-0.25, -0.2) is 0 Å². The maximum atomic E-state index is 12.4. The van der Waals surface area contributed by atoms with E-state index in [-0.39, 0.29) is 29.3 Å². The summed E-state index contributed by atoms with van der Waals surface area (Å²) < 4.78 is 4.94. The molecule has 2 heterocycles. The fourth-order valence-electron chi connectivity index (χ4n) is 2.69. The molecule has 6 nitrogen and oxygen atoms in total. The van der Waals surface area contributed by atoms with Crippen molar-refractivity contribution in [2.75, 3.05) is 0 Å². The molecular formula is C18H19N3O3. The van der Waals surface area contributed by atoms with Gasteiger partial charge in [0.25, 0.3) is 5.91 Å². The van der Waals surface area contributed by atoms with Crippen molar-refractivity contribution in [2.45, 2.75) is 26.8 Å². The van der Waals surface area contributed by atoms with Gasteiger partial charge in [0.05, 0.1) is 6.04 Å². The van der Waals surface area contributed by atoms with Crippen molar-refractivity contribution in [2.24, 2.45) is 5.92 Å². The molecule has 0 radical (unpaired) electrons. The van der Waals surface area contributed by atoms with E-state index in [0.29, 0.717) is 16.8 Å². The van der Waals surface area contributed by atoms with Crippen molar-refractivity contribution in [1.82, 2.24) is 15.5 Å². The zero-order valence-corrected chi connectivity index (χ0v) is 13.8. The first-order valence-corrected chi connectivity index (χ1v) is 7.78. The Morgan fingerprint density at radius 2 is 2.08 bits per heavy atom. The van der Waals surface area contributed by atoms with E-state index >= 15 is 0 Å². The Kier molecular flexibility index (Phi) is 4.20. The molecule has 1 atom stereocenters. The molecule has 0 saturated carbocycles. The highest BCUT2D eigenvalue weighted by Gasteiger charge is 2.24. The van der Waals surface area contributed by atoms with Crippen molar-refractivity contribution in [3.05, 3.63) is 53.5 Å². The van der Waals surface area contributed by atoms with Gasteiger partial charge in [0.15, 0.2) is 5.69 Å². The molecule has 6 heteroatoms. The highest BCUT2D eigenvalue weighted by Crippen LogP contribution is 2.34. The first-order chi connectivity index (χ1) is 11.5. The Balaban J connectivity index is 1.96. The number of hydrogen-bond donors (Lipinski definition) is 2. The van der Waals surface area contributed by atoms with Crippen LogP contribution in [0.5, 0.6) is 5.75 Å². The topological polar surface area (TPSA) is 88.2 Å². The minimum Gasteiger partial charge on any atom is -0.505 e. The molecule has 0 aliphatic heterocycles. The van der Waals surface area contributed by atoms with Gasteiger partial charge in [-0.3, -0.25) is 9.78 Å². The van der Waals surface area contributed by atoms with Crippen LogP contribution in [0.1, 0.15) is 41.7 Å². The molecule has 2 aromatic heterocycles. The van der Waals surface area contributed by atoms with E-state index in [9.17, 15) is 9.90 Å². The zero-order valence-electron chi connectivity index (χ0n) is 13.8. The molecule has 3 aromatic rings. The van der Waals surface area contributed by atoms with Crippen molar-refractivity contribution in [3.63, 3.8) is 0 Å². The average molecular weight is 325 g/mol. The summed E-state index contributed by atoms with van der Waals surface area (Å²) in [4.78, 5) is 16.6. The summed E-state index contributed by atoms with van der Waals surface area (Å²) in [6.45, 7) is 5.67. The maximum Gasteiger partial charge on any atom is 0.273 e. The van der Waals surface area contributed by atoms with E-state index < -0.39 is 0 Å². The van der Waals surface area contributed by atoms with E-state index in [0.717, 1.165) is 5.39 Å². The number of carbonyl (C=O) groups excluding carboxylic acids is 1. The average Bonchev–Trinajstić information content (AvgIpc) is 3.00. The van der Waals surface area contributed by atoms with Crippen LogP contribution in [-0.4, -0.2) is 21.2 Å². The number of aromatic hydroxyl groups is 1. The van der Waals surface area contributed by atoms with Crippen molar-refractivity contribution in [1.29, 1.82) is 0 Å². The van der Waals surface area contributed by atoms with Crippen LogP contribution in [-0.2, 0) is 0 Å². The number of benzene rings is 1. The minimum absolute atomic E-state index is 0.0639. The van der Waals surface area contributed by atoms with Crippen LogP contribution in [0.4, 0.5) is 0 Å². The number of aryl methyl sites for hydroxylation is 1. The summed E-state index contributed by atoms with van der Waals surface area (Å²) in [5.74, 6) is 0.377. The first-order valence-electron chi connectivity index (χ1n) is 7.78. The van der Waals surface area contributed by atoms with Gasteiger partial charge in [0.2, 0.25) is 0 Å². The fraction of sp³-hybridized carbons (Fsp3) is 0.278. The number of hydrogen-bond acceptors (Lipinski definition) is 5. The number of carbonyl (C=O) groups is 1. The van der Waals surface area contributed by atoms with Crippen LogP contribution in [0.25, 0.3) is 10.9 Å². The zero-order chi connectivity index (χ0) is 17.3. The fourth-order valence-corrected chi connectivity index (χ4v) is 2.69. The van der Waals surface area contributed by atoms with Gasteiger partial charge < -0.3 is 14.9 Å². The second kappa shape index (κ2) is 6.31. The van der Waals surface area contributed by atoms with E-state index in [2.05, 4.69) is 15.5 Å². The lowest BCUT2D eigenvalue weighted by atomic mass is 9.94. The molecule has 0 spiro atoms. The minimum atomic E-state index is -0.374. The maximum absolute atomic E-state index is 12.4. The summed E-state index contributed by atoms with van der Waals surface area (Å²) in [7, 11) is 0. The Bertz CT molecular complexity index is 886. The number of fused-ring (bicyclic) bond motifs is 1. The number of nitrogens with one attached hydrogen (secondary N) is 1. The summed E-state index contributed by atoms with van der Waals surface area (Å²) in [5, 5.41) is 18.1. The van der Waals surface area contributed by atoms with Crippen LogP contribution in [0.2, 0.25) is 0 Å². The largest absolute Gasteiger partial charge is 0.505 e. The highest BCUT2D eigenvalue weighted by molar-refractivity contribution is 5.93. The van der Waals surface area contributed by atoms with Gasteiger partial charge in [-0.15, -0.1) is 0 Å². The van der Waals surface area contributed by atoms with Crippen LogP contribution >= 0.6 is 0 Å². The highest BCUT2D eigenvalue weighted by atomic mass is 16.5. The van der Waals surface area contributed by atoms with Crippen LogP contribution < -0.4 is 5.32 Å². The summed E-state index contributed by atoms with van der Waals surface area (Å²) in [6.07, 6.45) is 1.63. The number of nitrogens with zero attached hydrogens (tertiary/aromatic N) is 2. The smallest absolute Gasteiger partial charge is 0.273 e. The van der Waals surface area contributed by atoms with E-state index in [1.807, 2.05) is 38.1 Å². The predicted molar refractivity (Wildman–Crippen MR) is 89.7 cm³/mol. The van der Waals surface area contributed by atoms with E-state index in [1.54, 1.807) is 19.2 Å². The monoisotopic (exact) mass is 325 g/mol. The molecule has 0 saturated heterocycles. The van der Waals surface area contributed by atoms with Crippen molar-refractivity contribution >= 4 is 16.8 Å². The molecule has 124 valence electrons. The summed E-state index contributed by atoms with van der Waals surface area (Å²) in [6, 6.07) is 8.61. The molecule has 0 aliphatic carbocycles. The quantitative estimate of drug-likeness (QED) is 0.768.